The molecule has 1 fully saturated rings. The molecule has 284 valence electrons. The number of hydrogen-bond donors (Lipinski definition) is 0. The SMILES string of the molecule is C=C1CCCCCCCCCCCCCCCC1[Si](Cl)(Cl)Cl.C=CCCCCCCCCCCCCCCCC[Si](Cl)(Cl)OC.Cl.[OH-]. The highest BCUT2D eigenvalue weighted by molar-refractivity contribution is 7.65. The van der Waals surface area contributed by atoms with Crippen molar-refractivity contribution < 1.29 is 9.90 Å². The molecule has 0 spiro atoms. The second-order valence-corrected chi connectivity index (χ2v) is 28.8. The maximum absolute atomic E-state index is 6.34. The van der Waals surface area contributed by atoms with Crippen molar-refractivity contribution in [3.8, 4) is 0 Å². The summed E-state index contributed by atoms with van der Waals surface area (Å²) in [7, 11) is 1.62. The lowest BCUT2D eigenvalue weighted by Crippen LogP contribution is -2.21. The second-order valence-electron chi connectivity index (χ2n) is 13.5. The van der Waals surface area contributed by atoms with Crippen LogP contribution >= 0.6 is 67.8 Å². The van der Waals surface area contributed by atoms with Crippen molar-refractivity contribution >= 4 is 80.7 Å². The molecule has 0 aromatic heterocycles. The molecule has 1 unspecified atom stereocenters. The van der Waals surface area contributed by atoms with Gasteiger partial charge in [0, 0.05) is 12.7 Å². The van der Waals surface area contributed by atoms with Crippen molar-refractivity contribution in [2.75, 3.05) is 7.11 Å². The maximum Gasteiger partial charge on any atom is 0.389 e. The molecule has 0 bridgehead atoms. The van der Waals surface area contributed by atoms with Crippen LogP contribution in [0.2, 0.25) is 11.6 Å². The third-order valence-corrected chi connectivity index (χ3v) is 16.8. The highest BCUT2D eigenvalue weighted by atomic mass is 35.8. The summed E-state index contributed by atoms with van der Waals surface area (Å²) in [5, 5.41) is 0. The molecule has 0 radical (unpaired) electrons. The third-order valence-electron chi connectivity index (χ3n) is 9.30. The van der Waals surface area contributed by atoms with E-state index in [0.717, 1.165) is 25.3 Å². The highest BCUT2D eigenvalue weighted by Gasteiger charge is 2.37. The van der Waals surface area contributed by atoms with Gasteiger partial charge in [-0.1, -0.05) is 179 Å². The summed E-state index contributed by atoms with van der Waals surface area (Å²) in [4.78, 5) is 0. The van der Waals surface area contributed by atoms with Crippen molar-refractivity contribution in [2.45, 2.75) is 204 Å². The predicted molar refractivity (Wildman–Crippen MR) is 223 cm³/mol. The molecule has 1 atom stereocenters. The Morgan fingerprint density at radius 1 is 0.596 bits per heavy atom. The van der Waals surface area contributed by atoms with Crippen LogP contribution in [0.15, 0.2) is 24.8 Å². The van der Waals surface area contributed by atoms with E-state index in [1.807, 2.05) is 6.08 Å². The van der Waals surface area contributed by atoms with E-state index in [1.165, 1.54) is 179 Å². The fourth-order valence-electron chi connectivity index (χ4n) is 6.26. The normalized spacial score (nSPS) is 17.7. The number of hydrogen-bond acceptors (Lipinski definition) is 2. The lowest BCUT2D eigenvalue weighted by molar-refractivity contribution is 0.424. The molecular formula is C37H73Cl6O2Si2-. The molecule has 0 aromatic rings. The van der Waals surface area contributed by atoms with Crippen molar-refractivity contribution in [3.63, 3.8) is 0 Å². The van der Waals surface area contributed by atoms with Gasteiger partial charge < -0.3 is 9.90 Å². The number of rotatable bonds is 19. The first-order valence-electron chi connectivity index (χ1n) is 18.9. The van der Waals surface area contributed by atoms with Crippen LogP contribution in [0.25, 0.3) is 0 Å². The van der Waals surface area contributed by atoms with Crippen LogP contribution in [0, 0.1) is 0 Å². The molecule has 1 aliphatic rings. The molecule has 0 aliphatic heterocycles. The summed E-state index contributed by atoms with van der Waals surface area (Å²) in [6.07, 6.45) is 41.8. The molecule has 0 amide bonds. The average Bonchev–Trinajstić information content (AvgIpc) is 3.00. The molecule has 1 saturated carbocycles. The molecule has 10 heteroatoms. The van der Waals surface area contributed by atoms with Crippen LogP contribution in [-0.2, 0) is 4.43 Å². The monoisotopic (exact) mass is 815 g/mol. The average molecular weight is 819 g/mol. The predicted octanol–water partition coefficient (Wildman–Crippen LogP) is 16.8. The molecule has 1 N–H and O–H groups in total. The summed E-state index contributed by atoms with van der Waals surface area (Å²) >= 11 is 31.1. The first kappa shape index (κ1) is 52.9. The van der Waals surface area contributed by atoms with Gasteiger partial charge in [0.1, 0.15) is 0 Å². The summed E-state index contributed by atoms with van der Waals surface area (Å²) in [6, 6.07) is -1.81. The van der Waals surface area contributed by atoms with Crippen molar-refractivity contribution in [3.05, 3.63) is 24.8 Å². The van der Waals surface area contributed by atoms with Crippen LogP contribution in [0.5, 0.6) is 0 Å². The molecular weight excluding hydrogens is 745 g/mol. The minimum absolute atomic E-state index is 0. The summed E-state index contributed by atoms with van der Waals surface area (Å²) < 4.78 is 5.13. The fourth-order valence-corrected chi connectivity index (χ4v) is 11.4. The summed E-state index contributed by atoms with van der Waals surface area (Å²) in [5.74, 6) is 0. The second kappa shape index (κ2) is 37.3. The van der Waals surface area contributed by atoms with Gasteiger partial charge in [0.2, 0.25) is 0 Å². The van der Waals surface area contributed by atoms with Gasteiger partial charge >= 0.3 is 12.9 Å². The molecule has 1 rings (SSSR count). The third kappa shape index (κ3) is 37.1. The Morgan fingerprint density at radius 3 is 1.30 bits per heavy atom. The minimum Gasteiger partial charge on any atom is -0.870 e. The quantitative estimate of drug-likeness (QED) is 0.0564. The van der Waals surface area contributed by atoms with Gasteiger partial charge in [-0.2, -0.15) is 0 Å². The van der Waals surface area contributed by atoms with Crippen molar-refractivity contribution in [2.24, 2.45) is 0 Å². The van der Waals surface area contributed by atoms with E-state index in [0.29, 0.717) is 0 Å². The van der Waals surface area contributed by atoms with Gasteiger partial charge in [-0.15, -0.1) is 74.4 Å². The largest absolute Gasteiger partial charge is 0.870 e. The van der Waals surface area contributed by atoms with Gasteiger partial charge in [-0.25, -0.2) is 0 Å². The highest BCUT2D eigenvalue weighted by Crippen LogP contribution is 2.43. The Morgan fingerprint density at radius 2 is 0.936 bits per heavy atom. The molecule has 2 nitrogen and oxygen atoms in total. The Hall–Kier alpha value is 1.57. The maximum atomic E-state index is 6.34. The van der Waals surface area contributed by atoms with Crippen LogP contribution in [0.3, 0.4) is 0 Å². The number of halogens is 6. The minimum atomic E-state index is -2.67. The summed E-state index contributed by atoms with van der Waals surface area (Å²) in [5.41, 5.74) is 1.36. The van der Waals surface area contributed by atoms with Gasteiger partial charge in [-0.05, 0) is 38.1 Å². The lowest BCUT2D eigenvalue weighted by Gasteiger charge is -2.24. The van der Waals surface area contributed by atoms with Crippen LogP contribution in [-0.4, -0.2) is 25.5 Å². The van der Waals surface area contributed by atoms with Crippen LogP contribution in [0.4, 0.5) is 0 Å². The van der Waals surface area contributed by atoms with E-state index in [2.05, 4.69) is 13.2 Å². The van der Waals surface area contributed by atoms with Crippen LogP contribution < -0.4 is 0 Å². The Labute approximate surface area is 324 Å². The Bertz CT molecular complexity index is 680. The number of allylic oxidation sites excluding steroid dienone is 2. The zero-order valence-corrected chi connectivity index (χ0v) is 36.7. The first-order valence-corrected chi connectivity index (χ1v) is 28.2. The standard InChI is InChI=1S/C19H38Cl2OSi.C18H33Cl3Si.ClH.H2O/c1-3-4-5-6-7-8-9-10-11-12-13-14-15-16-17-18-19-23(20,21)22-2;1-17-15-13-11-9-7-5-3-2-4-6-8-10-12-14-16-18(17)22(19,20)21;;/h3H,1,4-19H2,2H3;18H,1-16H2;1H;1H2/p-1. The van der Waals surface area contributed by atoms with E-state index < -0.39 is 12.9 Å². The zero-order chi connectivity index (χ0) is 33.5. The van der Waals surface area contributed by atoms with Gasteiger partial charge in [0.05, 0.1) is 0 Å². The summed E-state index contributed by atoms with van der Waals surface area (Å²) in [6.45, 7) is 5.68. The van der Waals surface area contributed by atoms with E-state index >= 15 is 0 Å². The molecule has 1 aliphatic carbocycles. The fraction of sp³-hybridized carbons (Fsp3) is 0.892. The van der Waals surface area contributed by atoms with Gasteiger partial charge in [0.15, 0.2) is 0 Å². The number of unbranched alkanes of at least 4 members (excludes halogenated alkanes) is 14. The molecule has 0 saturated heterocycles. The zero-order valence-electron chi connectivity index (χ0n) is 30.1. The van der Waals surface area contributed by atoms with Gasteiger partial charge in [0.25, 0.3) is 0 Å². The van der Waals surface area contributed by atoms with E-state index in [1.54, 1.807) is 7.11 Å². The molecule has 47 heavy (non-hydrogen) atoms. The van der Waals surface area contributed by atoms with Crippen LogP contribution in [0.1, 0.15) is 193 Å². The van der Waals surface area contributed by atoms with E-state index in [9.17, 15) is 0 Å². The lowest BCUT2D eigenvalue weighted by atomic mass is 10.0. The smallest absolute Gasteiger partial charge is 0.389 e. The molecule has 0 heterocycles. The molecule has 0 aromatic carbocycles. The Kier molecular flexibility index (Phi) is 42.0. The van der Waals surface area contributed by atoms with E-state index in [4.69, 9.17) is 59.8 Å². The van der Waals surface area contributed by atoms with Crippen molar-refractivity contribution in [1.29, 1.82) is 0 Å². The van der Waals surface area contributed by atoms with Gasteiger partial charge in [-0.3, -0.25) is 0 Å². The van der Waals surface area contributed by atoms with E-state index in [-0.39, 0.29) is 23.4 Å². The topological polar surface area (TPSA) is 39.2 Å². The first-order chi connectivity index (χ1) is 21.6. The van der Waals surface area contributed by atoms with Crippen molar-refractivity contribution in [1.82, 2.24) is 0 Å². The Balaban J connectivity index is -0.000000791.